The molecule has 2 unspecified atom stereocenters. The zero-order valence-electron chi connectivity index (χ0n) is 13.1. The minimum atomic E-state index is -0.902. The quantitative estimate of drug-likeness (QED) is 0.826. The molecule has 2 aromatic carbocycles. The Labute approximate surface area is 136 Å². The van der Waals surface area contributed by atoms with Crippen molar-refractivity contribution in [2.75, 3.05) is 0 Å². The van der Waals surface area contributed by atoms with Gasteiger partial charge in [-0.3, -0.25) is 9.59 Å². The Morgan fingerprint density at radius 3 is 2.00 bits per heavy atom. The third-order valence-corrected chi connectivity index (χ3v) is 3.82. The van der Waals surface area contributed by atoms with Gasteiger partial charge in [0, 0.05) is 6.04 Å². The summed E-state index contributed by atoms with van der Waals surface area (Å²) in [6.45, 7) is 1.74. The third-order valence-electron chi connectivity index (χ3n) is 3.82. The summed E-state index contributed by atoms with van der Waals surface area (Å²) in [4.78, 5) is 23.6. The van der Waals surface area contributed by atoms with Gasteiger partial charge < -0.3 is 10.4 Å². The number of aliphatic carboxylic acids is 1. The van der Waals surface area contributed by atoms with Gasteiger partial charge in [0.15, 0.2) is 0 Å². The van der Waals surface area contributed by atoms with Gasteiger partial charge in [-0.25, -0.2) is 0 Å². The number of carboxylic acid groups (broad SMARTS) is 1. The minimum Gasteiger partial charge on any atom is -0.481 e. The molecule has 2 rings (SSSR count). The van der Waals surface area contributed by atoms with Crippen LogP contribution in [0.3, 0.4) is 0 Å². The maximum absolute atomic E-state index is 12.1. The van der Waals surface area contributed by atoms with Gasteiger partial charge in [0.1, 0.15) is 0 Å². The molecule has 0 bridgehead atoms. The molecule has 0 spiro atoms. The Bertz CT molecular complexity index is 640. The van der Waals surface area contributed by atoms with Crippen molar-refractivity contribution in [2.24, 2.45) is 5.92 Å². The lowest BCUT2D eigenvalue weighted by molar-refractivity contribution is -0.142. The lowest BCUT2D eigenvalue weighted by Crippen LogP contribution is -2.42. The number of carboxylic acids is 1. The topological polar surface area (TPSA) is 66.4 Å². The highest BCUT2D eigenvalue weighted by Gasteiger charge is 2.26. The summed E-state index contributed by atoms with van der Waals surface area (Å²) >= 11 is 0. The molecule has 1 amide bonds. The smallest absolute Gasteiger partial charge is 0.308 e. The van der Waals surface area contributed by atoms with Crippen molar-refractivity contribution in [3.05, 3.63) is 71.8 Å². The van der Waals surface area contributed by atoms with Crippen molar-refractivity contribution < 1.29 is 14.7 Å². The fourth-order valence-corrected chi connectivity index (χ4v) is 2.53. The second-order valence-corrected chi connectivity index (χ2v) is 5.65. The van der Waals surface area contributed by atoms with Gasteiger partial charge in [-0.1, -0.05) is 60.7 Å². The van der Waals surface area contributed by atoms with Gasteiger partial charge in [0.25, 0.3) is 0 Å². The molecule has 0 aliphatic heterocycles. The SMILES string of the molecule is CC(NC(=O)Cc1ccccc1)C(Cc1ccccc1)C(=O)O. The Hall–Kier alpha value is -2.62. The first-order valence-electron chi connectivity index (χ1n) is 7.66. The van der Waals surface area contributed by atoms with Gasteiger partial charge in [0.2, 0.25) is 5.91 Å². The van der Waals surface area contributed by atoms with Crippen LogP contribution in [0.25, 0.3) is 0 Å². The number of benzene rings is 2. The van der Waals surface area contributed by atoms with Crippen molar-refractivity contribution >= 4 is 11.9 Å². The Morgan fingerprint density at radius 2 is 1.48 bits per heavy atom. The molecule has 2 atom stereocenters. The normalized spacial score (nSPS) is 13.1. The van der Waals surface area contributed by atoms with Crippen LogP contribution in [0, 0.1) is 5.92 Å². The summed E-state index contributed by atoms with van der Waals surface area (Å²) in [5.41, 5.74) is 1.86. The number of nitrogens with one attached hydrogen (secondary N) is 1. The van der Waals surface area contributed by atoms with E-state index in [1.807, 2.05) is 60.7 Å². The van der Waals surface area contributed by atoms with E-state index in [1.165, 1.54) is 0 Å². The van der Waals surface area contributed by atoms with Crippen molar-refractivity contribution in [3.8, 4) is 0 Å². The minimum absolute atomic E-state index is 0.164. The van der Waals surface area contributed by atoms with E-state index >= 15 is 0 Å². The van der Waals surface area contributed by atoms with Crippen LogP contribution in [0.2, 0.25) is 0 Å². The number of carbonyl (C=O) groups is 2. The zero-order chi connectivity index (χ0) is 16.7. The van der Waals surface area contributed by atoms with Gasteiger partial charge in [-0.15, -0.1) is 0 Å². The molecule has 23 heavy (non-hydrogen) atoms. The Kier molecular flexibility index (Phi) is 5.92. The zero-order valence-corrected chi connectivity index (χ0v) is 13.1. The number of rotatable bonds is 7. The molecule has 0 aliphatic carbocycles. The lowest BCUT2D eigenvalue weighted by atomic mass is 9.93. The highest BCUT2D eigenvalue weighted by Crippen LogP contribution is 2.13. The summed E-state index contributed by atoms with van der Waals surface area (Å²) in [7, 11) is 0. The molecule has 0 saturated carbocycles. The molecule has 0 aromatic heterocycles. The summed E-state index contributed by atoms with van der Waals surface area (Å²) in [6.07, 6.45) is 0.645. The molecular formula is C19H21NO3. The molecule has 0 radical (unpaired) electrons. The van der Waals surface area contributed by atoms with E-state index < -0.39 is 17.9 Å². The number of amides is 1. The first-order chi connectivity index (χ1) is 11.1. The Balaban J connectivity index is 1.96. The van der Waals surface area contributed by atoms with E-state index in [1.54, 1.807) is 6.92 Å². The average molecular weight is 311 g/mol. The predicted molar refractivity (Wildman–Crippen MR) is 89.0 cm³/mol. The first kappa shape index (κ1) is 16.7. The molecule has 4 nitrogen and oxygen atoms in total. The second-order valence-electron chi connectivity index (χ2n) is 5.65. The van der Waals surface area contributed by atoms with Crippen LogP contribution in [0.15, 0.2) is 60.7 Å². The van der Waals surface area contributed by atoms with Crippen LogP contribution in [-0.4, -0.2) is 23.0 Å². The van der Waals surface area contributed by atoms with Crippen LogP contribution < -0.4 is 5.32 Å². The van der Waals surface area contributed by atoms with E-state index in [2.05, 4.69) is 5.32 Å². The van der Waals surface area contributed by atoms with Gasteiger partial charge in [-0.2, -0.15) is 0 Å². The summed E-state index contributed by atoms with van der Waals surface area (Å²) in [5.74, 6) is -1.72. The molecule has 2 aromatic rings. The summed E-state index contributed by atoms with van der Waals surface area (Å²) < 4.78 is 0. The van der Waals surface area contributed by atoms with Crippen molar-refractivity contribution in [1.82, 2.24) is 5.32 Å². The third kappa shape index (κ3) is 5.25. The summed E-state index contributed by atoms with van der Waals surface area (Å²) in [6, 6.07) is 18.4. The molecule has 4 heteroatoms. The second kappa shape index (κ2) is 8.13. The molecule has 0 fully saturated rings. The fraction of sp³-hybridized carbons (Fsp3) is 0.263. The standard InChI is InChI=1S/C19H21NO3/c1-14(20-18(21)13-16-10-6-3-7-11-16)17(19(22)23)12-15-8-4-2-5-9-15/h2-11,14,17H,12-13H2,1H3,(H,20,21)(H,22,23). The van der Waals surface area contributed by atoms with E-state index in [0.717, 1.165) is 11.1 Å². The highest BCUT2D eigenvalue weighted by atomic mass is 16.4. The van der Waals surface area contributed by atoms with Crippen LogP contribution >= 0.6 is 0 Å². The molecule has 0 aliphatic rings. The van der Waals surface area contributed by atoms with E-state index in [0.29, 0.717) is 6.42 Å². The highest BCUT2D eigenvalue weighted by molar-refractivity contribution is 5.80. The molecular weight excluding hydrogens is 290 g/mol. The maximum Gasteiger partial charge on any atom is 0.308 e. The monoisotopic (exact) mass is 311 g/mol. The average Bonchev–Trinajstić information content (AvgIpc) is 2.54. The molecule has 0 saturated heterocycles. The first-order valence-corrected chi connectivity index (χ1v) is 7.66. The Morgan fingerprint density at radius 1 is 0.957 bits per heavy atom. The number of hydrogen-bond donors (Lipinski definition) is 2. The predicted octanol–water partition coefficient (Wildman–Crippen LogP) is 2.68. The number of hydrogen-bond acceptors (Lipinski definition) is 2. The molecule has 0 heterocycles. The fourth-order valence-electron chi connectivity index (χ4n) is 2.53. The van der Waals surface area contributed by atoms with Crippen LogP contribution in [-0.2, 0) is 22.4 Å². The molecule has 2 N–H and O–H groups in total. The van der Waals surface area contributed by atoms with Crippen molar-refractivity contribution in [2.45, 2.75) is 25.8 Å². The largest absolute Gasteiger partial charge is 0.481 e. The van der Waals surface area contributed by atoms with Crippen molar-refractivity contribution in [1.29, 1.82) is 0 Å². The lowest BCUT2D eigenvalue weighted by Gasteiger charge is -2.21. The van der Waals surface area contributed by atoms with Gasteiger partial charge in [-0.05, 0) is 24.5 Å². The summed E-state index contributed by atoms with van der Waals surface area (Å²) in [5, 5.41) is 12.3. The molecule has 120 valence electrons. The van der Waals surface area contributed by atoms with Gasteiger partial charge >= 0.3 is 5.97 Å². The maximum atomic E-state index is 12.1. The van der Waals surface area contributed by atoms with E-state index in [4.69, 9.17) is 0 Å². The number of carbonyl (C=O) groups excluding carboxylic acids is 1. The van der Waals surface area contributed by atoms with Crippen molar-refractivity contribution in [3.63, 3.8) is 0 Å². The van der Waals surface area contributed by atoms with Gasteiger partial charge in [0.05, 0.1) is 12.3 Å². The van der Waals surface area contributed by atoms with Crippen LogP contribution in [0.5, 0.6) is 0 Å². The van der Waals surface area contributed by atoms with E-state index in [9.17, 15) is 14.7 Å². The van der Waals surface area contributed by atoms with E-state index in [-0.39, 0.29) is 12.3 Å². The van der Waals surface area contributed by atoms with Crippen LogP contribution in [0.1, 0.15) is 18.1 Å². The van der Waals surface area contributed by atoms with Crippen LogP contribution in [0.4, 0.5) is 0 Å².